The fraction of sp³-hybridized carbons (Fsp3) is 0.542. The first-order valence-corrected chi connectivity index (χ1v) is 11.8. The van der Waals surface area contributed by atoms with E-state index in [1.54, 1.807) is 10.6 Å². The fourth-order valence-corrected chi connectivity index (χ4v) is 4.26. The minimum Gasteiger partial charge on any atom is -0.486 e. The summed E-state index contributed by atoms with van der Waals surface area (Å²) in [5.41, 5.74) is 1.21. The van der Waals surface area contributed by atoms with Crippen LogP contribution in [0.3, 0.4) is 0 Å². The zero-order valence-electron chi connectivity index (χ0n) is 20.4. The number of carbonyl (C=O) groups is 1. The molecule has 2 aromatic rings. The number of hydrogen-bond donors (Lipinski definition) is 4. The predicted octanol–water partition coefficient (Wildman–Crippen LogP) is 1.59. The smallest absolute Gasteiger partial charge is 0.217 e. The average molecular weight is 507 g/mol. The fourth-order valence-electron chi connectivity index (χ4n) is 3.94. The van der Waals surface area contributed by atoms with Gasteiger partial charge in [0.05, 0.1) is 6.61 Å². The first-order valence-electron chi connectivity index (χ1n) is 11.4. The number of ether oxygens (including phenoxy) is 2. The van der Waals surface area contributed by atoms with E-state index in [2.05, 4.69) is 37.8 Å². The molecule has 192 valence electrons. The van der Waals surface area contributed by atoms with E-state index >= 15 is 0 Å². The summed E-state index contributed by atoms with van der Waals surface area (Å²) < 4.78 is 15.1. The van der Waals surface area contributed by atoms with Crippen molar-refractivity contribution in [1.82, 2.24) is 19.7 Å². The van der Waals surface area contributed by atoms with Crippen LogP contribution in [-0.4, -0.2) is 66.5 Å². The number of nitrogens with one attached hydrogen (secondary N) is 1. The van der Waals surface area contributed by atoms with Gasteiger partial charge in [0.2, 0.25) is 10.7 Å². The van der Waals surface area contributed by atoms with Crippen molar-refractivity contribution in [3.63, 3.8) is 0 Å². The number of amides is 1. The van der Waals surface area contributed by atoms with E-state index < -0.39 is 43.1 Å². The molecule has 1 saturated heterocycles. The molecule has 2 heterocycles. The number of carbonyl (C=O) groups excluding carboxylic acids is 1. The summed E-state index contributed by atoms with van der Waals surface area (Å²) in [6.07, 6.45) is -3.32. The van der Waals surface area contributed by atoms with Gasteiger partial charge in [0.1, 0.15) is 36.7 Å². The Bertz CT molecular complexity index is 1090. The van der Waals surface area contributed by atoms with Crippen molar-refractivity contribution in [2.45, 2.75) is 76.8 Å². The van der Waals surface area contributed by atoms with E-state index in [-0.39, 0.29) is 16.8 Å². The third-order valence-corrected chi connectivity index (χ3v) is 6.28. The number of nitrogens with zero attached hydrogens (tertiary/aromatic N) is 3. The van der Waals surface area contributed by atoms with E-state index in [4.69, 9.17) is 21.7 Å². The minimum absolute atomic E-state index is 0.0243. The molecule has 0 spiro atoms. The normalized spacial score (nSPS) is 24.7. The van der Waals surface area contributed by atoms with Crippen molar-refractivity contribution in [3.05, 3.63) is 53.1 Å². The topological polar surface area (TPSA) is 131 Å². The lowest BCUT2D eigenvalue weighted by atomic mass is 9.87. The summed E-state index contributed by atoms with van der Waals surface area (Å²) in [6.45, 7) is 11.4. The molecule has 1 aliphatic rings. The number of hydrogen-bond acceptors (Lipinski definition) is 8. The third-order valence-electron chi connectivity index (χ3n) is 5.87. The number of aliphatic hydroxyl groups excluding tert-OH is 3. The van der Waals surface area contributed by atoms with Gasteiger partial charge in [-0.05, 0) is 35.3 Å². The van der Waals surface area contributed by atoms with Gasteiger partial charge in [-0.15, -0.1) is 6.58 Å². The minimum atomic E-state index is -1.41. The zero-order chi connectivity index (χ0) is 25.9. The molecule has 1 aromatic carbocycles. The van der Waals surface area contributed by atoms with Crippen molar-refractivity contribution in [3.8, 4) is 5.75 Å². The monoisotopic (exact) mass is 506 g/mol. The van der Waals surface area contributed by atoms with Crippen LogP contribution < -0.4 is 10.1 Å². The van der Waals surface area contributed by atoms with Crippen molar-refractivity contribution >= 4 is 18.1 Å². The van der Waals surface area contributed by atoms with E-state index in [9.17, 15) is 20.1 Å². The molecule has 1 amide bonds. The molecule has 1 aromatic heterocycles. The second-order valence-corrected chi connectivity index (χ2v) is 9.93. The Hall–Kier alpha value is -2.57. The van der Waals surface area contributed by atoms with E-state index in [1.807, 2.05) is 24.3 Å². The maximum atomic E-state index is 11.8. The molecule has 0 unspecified atom stereocenters. The van der Waals surface area contributed by atoms with Crippen LogP contribution in [0.5, 0.6) is 5.75 Å². The lowest BCUT2D eigenvalue weighted by Crippen LogP contribution is -2.62. The molecule has 1 fully saturated rings. The Labute approximate surface area is 209 Å². The number of aliphatic hydroxyl groups is 3. The summed E-state index contributed by atoms with van der Waals surface area (Å²) >= 11 is 5.62. The van der Waals surface area contributed by atoms with Gasteiger partial charge in [0.25, 0.3) is 0 Å². The van der Waals surface area contributed by atoms with Gasteiger partial charge in [0, 0.05) is 13.5 Å². The molecule has 0 saturated carbocycles. The van der Waals surface area contributed by atoms with Crippen LogP contribution in [0.1, 0.15) is 45.3 Å². The highest BCUT2D eigenvalue weighted by atomic mass is 32.1. The molecular weight excluding hydrogens is 472 g/mol. The van der Waals surface area contributed by atoms with Gasteiger partial charge in [0.15, 0.2) is 12.1 Å². The van der Waals surface area contributed by atoms with Gasteiger partial charge in [-0.25, -0.2) is 4.68 Å². The third kappa shape index (κ3) is 5.99. The van der Waals surface area contributed by atoms with Crippen molar-refractivity contribution in [2.24, 2.45) is 0 Å². The van der Waals surface area contributed by atoms with Crippen molar-refractivity contribution in [1.29, 1.82) is 0 Å². The zero-order valence-corrected chi connectivity index (χ0v) is 21.2. The van der Waals surface area contributed by atoms with Crippen LogP contribution >= 0.6 is 12.2 Å². The summed E-state index contributed by atoms with van der Waals surface area (Å²) in [5, 5.41) is 37.7. The van der Waals surface area contributed by atoms with Gasteiger partial charge in [-0.2, -0.15) is 5.10 Å². The summed E-state index contributed by atoms with van der Waals surface area (Å²) in [7, 11) is 0. The second kappa shape index (κ2) is 11.0. The summed E-state index contributed by atoms with van der Waals surface area (Å²) in [6, 6.07) is 6.76. The standard InChI is InChI=1S/C24H34N4O6S/c1-6-11-27-18(13-33-16-9-7-15(8-10-16)24(3,4)5)26-28(23(27)35)22-19(25-14(2)30)21(32)20(31)17(12-29)34-22/h6-10,17,19-22,29,31-32H,1,11-13H2,2-5H3,(H,25,30)/t17-,19-,20-,21-,22-/m1/s1. The van der Waals surface area contributed by atoms with Crippen LogP contribution in [-0.2, 0) is 28.1 Å². The Morgan fingerprint density at radius 2 is 1.94 bits per heavy atom. The lowest BCUT2D eigenvalue weighted by molar-refractivity contribution is -0.219. The summed E-state index contributed by atoms with van der Waals surface area (Å²) in [4.78, 5) is 11.8. The maximum Gasteiger partial charge on any atom is 0.217 e. The molecule has 5 atom stereocenters. The first kappa shape index (κ1) is 27.0. The van der Waals surface area contributed by atoms with E-state index in [0.29, 0.717) is 18.1 Å². The number of rotatable bonds is 8. The molecular formula is C24H34N4O6S. The molecule has 4 N–H and O–H groups in total. The SMILES string of the molecule is C=CCn1c(COc2ccc(C(C)(C)C)cc2)nn([C@@H]2O[C@H](CO)[C@@H](O)[C@H](O)[C@H]2NC(C)=O)c1=S. The molecule has 0 radical (unpaired) electrons. The molecule has 10 nitrogen and oxygen atoms in total. The van der Waals surface area contributed by atoms with Crippen LogP contribution in [0.15, 0.2) is 36.9 Å². The van der Waals surface area contributed by atoms with Crippen LogP contribution in [0, 0.1) is 4.77 Å². The van der Waals surface area contributed by atoms with Gasteiger partial charge in [-0.1, -0.05) is 39.0 Å². The van der Waals surface area contributed by atoms with Gasteiger partial charge < -0.3 is 30.1 Å². The first-order chi connectivity index (χ1) is 16.5. The van der Waals surface area contributed by atoms with Crippen LogP contribution in [0.2, 0.25) is 0 Å². The predicted molar refractivity (Wildman–Crippen MR) is 131 cm³/mol. The lowest BCUT2D eigenvalue weighted by Gasteiger charge is -2.42. The summed E-state index contributed by atoms with van der Waals surface area (Å²) in [5.74, 6) is 0.699. The van der Waals surface area contributed by atoms with Crippen LogP contribution in [0.25, 0.3) is 0 Å². The molecule has 11 heteroatoms. The Morgan fingerprint density at radius 3 is 2.49 bits per heavy atom. The van der Waals surface area contributed by atoms with Gasteiger partial charge in [-0.3, -0.25) is 9.36 Å². The van der Waals surface area contributed by atoms with Crippen LogP contribution in [0.4, 0.5) is 0 Å². The molecule has 0 aliphatic carbocycles. The van der Waals surface area contributed by atoms with Crippen molar-refractivity contribution < 1.29 is 29.6 Å². The van der Waals surface area contributed by atoms with Gasteiger partial charge >= 0.3 is 0 Å². The Kier molecular flexibility index (Phi) is 8.50. The highest BCUT2D eigenvalue weighted by molar-refractivity contribution is 7.71. The molecule has 35 heavy (non-hydrogen) atoms. The van der Waals surface area contributed by atoms with E-state index in [1.165, 1.54) is 17.2 Å². The number of benzene rings is 1. The maximum absolute atomic E-state index is 11.8. The van der Waals surface area contributed by atoms with E-state index in [0.717, 1.165) is 0 Å². The molecule has 1 aliphatic heterocycles. The average Bonchev–Trinajstić information content (AvgIpc) is 3.11. The molecule has 3 rings (SSSR count). The van der Waals surface area contributed by atoms with Crippen molar-refractivity contribution in [2.75, 3.05) is 6.61 Å². The highest BCUT2D eigenvalue weighted by Crippen LogP contribution is 2.29. The Balaban J connectivity index is 1.92. The highest BCUT2D eigenvalue weighted by Gasteiger charge is 2.46. The largest absolute Gasteiger partial charge is 0.486 e. The number of aromatic nitrogens is 3. The number of allylic oxidation sites excluding steroid dienone is 1. The Morgan fingerprint density at radius 1 is 1.29 bits per heavy atom. The second-order valence-electron chi connectivity index (χ2n) is 9.56. The quantitative estimate of drug-likeness (QED) is 0.314. The molecule has 0 bridgehead atoms.